The number of hydrogen-bond donors (Lipinski definition) is 2. The van der Waals surface area contributed by atoms with Gasteiger partial charge in [-0.3, -0.25) is 0 Å². The lowest BCUT2D eigenvalue weighted by Gasteiger charge is -2.35. The van der Waals surface area contributed by atoms with Crippen LogP contribution in [0.2, 0.25) is 0 Å². The Kier molecular flexibility index (Phi) is 4.04. The van der Waals surface area contributed by atoms with E-state index in [0.717, 1.165) is 17.9 Å². The van der Waals surface area contributed by atoms with Crippen molar-refractivity contribution in [1.29, 1.82) is 0 Å². The van der Waals surface area contributed by atoms with Crippen LogP contribution in [0.5, 0.6) is 0 Å². The lowest BCUT2D eigenvalue weighted by atomic mass is 9.87. The second kappa shape index (κ2) is 5.41. The van der Waals surface area contributed by atoms with Crippen LogP contribution < -0.4 is 5.32 Å². The first-order valence-electron chi connectivity index (χ1n) is 6.24. The molecule has 5 heteroatoms. The molecule has 2 rings (SSSR count). The zero-order chi connectivity index (χ0) is 14.0. The van der Waals surface area contributed by atoms with Gasteiger partial charge >= 0.3 is 5.97 Å². The Morgan fingerprint density at radius 2 is 2.26 bits per heavy atom. The minimum absolute atomic E-state index is 0.103. The molecule has 1 aromatic rings. The third kappa shape index (κ3) is 3.62. The number of carbonyl (C=O) groups is 1. The highest BCUT2D eigenvalue weighted by atomic mass is 32.2. The molecule has 1 unspecified atom stereocenters. The molecule has 0 radical (unpaired) electrons. The Balaban J connectivity index is 2.14. The fourth-order valence-corrected chi connectivity index (χ4v) is 3.62. The topological polar surface area (TPSA) is 49.3 Å². The van der Waals surface area contributed by atoms with E-state index >= 15 is 0 Å². The summed E-state index contributed by atoms with van der Waals surface area (Å²) in [6.07, 6.45) is 0.955. The van der Waals surface area contributed by atoms with Crippen molar-refractivity contribution in [3.05, 3.63) is 29.6 Å². The van der Waals surface area contributed by atoms with Gasteiger partial charge in [-0.15, -0.1) is 0 Å². The van der Waals surface area contributed by atoms with Gasteiger partial charge in [0, 0.05) is 11.8 Å². The van der Waals surface area contributed by atoms with E-state index in [1.165, 1.54) is 18.2 Å². The third-order valence-electron chi connectivity index (χ3n) is 3.18. The second-order valence-corrected chi connectivity index (χ2v) is 6.75. The van der Waals surface area contributed by atoms with E-state index < -0.39 is 11.8 Å². The van der Waals surface area contributed by atoms with E-state index in [9.17, 15) is 9.18 Å². The first kappa shape index (κ1) is 14.2. The fourth-order valence-electron chi connectivity index (χ4n) is 2.34. The van der Waals surface area contributed by atoms with Gasteiger partial charge in [0.2, 0.25) is 0 Å². The molecule has 1 aromatic carbocycles. The molecule has 0 spiro atoms. The molecule has 1 atom stereocenters. The number of aromatic carboxylic acids is 1. The van der Waals surface area contributed by atoms with E-state index in [0.29, 0.717) is 0 Å². The van der Waals surface area contributed by atoms with Crippen LogP contribution in [0.25, 0.3) is 0 Å². The van der Waals surface area contributed by atoms with Crippen molar-refractivity contribution in [2.45, 2.75) is 26.3 Å². The minimum Gasteiger partial charge on any atom is -0.478 e. The molecule has 19 heavy (non-hydrogen) atoms. The first-order chi connectivity index (χ1) is 8.87. The summed E-state index contributed by atoms with van der Waals surface area (Å²) >= 11 is 1.84. The molecule has 0 bridgehead atoms. The van der Waals surface area contributed by atoms with Crippen molar-refractivity contribution in [1.82, 2.24) is 0 Å². The maximum Gasteiger partial charge on any atom is 0.335 e. The normalized spacial score (nSPS) is 21.9. The van der Waals surface area contributed by atoms with Crippen molar-refractivity contribution in [2.75, 3.05) is 16.8 Å². The van der Waals surface area contributed by atoms with Gasteiger partial charge in [-0.05, 0) is 35.8 Å². The van der Waals surface area contributed by atoms with E-state index in [4.69, 9.17) is 5.11 Å². The molecule has 1 saturated heterocycles. The molecular weight excluding hydrogens is 265 g/mol. The number of benzene rings is 1. The van der Waals surface area contributed by atoms with Gasteiger partial charge in [-0.1, -0.05) is 13.8 Å². The smallest absolute Gasteiger partial charge is 0.335 e. The van der Waals surface area contributed by atoms with Crippen LogP contribution >= 0.6 is 11.8 Å². The predicted octanol–water partition coefficient (Wildman–Crippen LogP) is 3.47. The molecule has 0 aromatic heterocycles. The average molecular weight is 283 g/mol. The van der Waals surface area contributed by atoms with Crippen LogP contribution in [-0.2, 0) is 0 Å². The summed E-state index contributed by atoms with van der Waals surface area (Å²) in [7, 11) is 0. The summed E-state index contributed by atoms with van der Waals surface area (Å²) in [5, 5.41) is 12.1. The molecule has 0 aliphatic carbocycles. The molecule has 0 amide bonds. The lowest BCUT2D eigenvalue weighted by molar-refractivity contribution is 0.0697. The Morgan fingerprint density at radius 1 is 1.53 bits per heavy atom. The average Bonchev–Trinajstić information content (AvgIpc) is 2.30. The number of thioether (sulfide) groups is 1. The van der Waals surface area contributed by atoms with E-state index in [1.807, 2.05) is 11.8 Å². The Bertz CT molecular complexity index is 490. The van der Waals surface area contributed by atoms with Gasteiger partial charge in [-0.2, -0.15) is 11.8 Å². The van der Waals surface area contributed by atoms with Crippen LogP contribution in [0.15, 0.2) is 18.2 Å². The summed E-state index contributed by atoms with van der Waals surface area (Å²) < 4.78 is 13.7. The first-order valence-corrected chi connectivity index (χ1v) is 7.40. The number of halogens is 1. The standard InChI is InChI=1S/C14H18FNO2S/c1-14(2)6-10(7-19-8-14)16-12-5-9(13(17)18)3-4-11(12)15/h3-5,10,16H,6-8H2,1-2H3,(H,17,18). The molecule has 2 N–H and O–H groups in total. The van der Waals surface area contributed by atoms with Gasteiger partial charge in [-0.25, -0.2) is 9.18 Å². The highest BCUT2D eigenvalue weighted by Gasteiger charge is 2.28. The molecule has 0 saturated carbocycles. The van der Waals surface area contributed by atoms with Crippen LogP contribution in [0.4, 0.5) is 10.1 Å². The highest BCUT2D eigenvalue weighted by Crippen LogP contribution is 2.35. The molecule has 3 nitrogen and oxygen atoms in total. The Hall–Kier alpha value is -1.23. The molecule has 104 valence electrons. The molecule has 1 aliphatic rings. The predicted molar refractivity (Wildman–Crippen MR) is 76.5 cm³/mol. The quantitative estimate of drug-likeness (QED) is 0.892. The number of nitrogens with one attached hydrogen (secondary N) is 1. The Morgan fingerprint density at radius 3 is 2.89 bits per heavy atom. The summed E-state index contributed by atoms with van der Waals surface area (Å²) in [6.45, 7) is 4.38. The molecule has 1 heterocycles. The SMILES string of the molecule is CC1(C)CSCC(Nc2cc(C(=O)O)ccc2F)C1. The van der Waals surface area contributed by atoms with Crippen molar-refractivity contribution >= 4 is 23.4 Å². The maximum absolute atomic E-state index is 13.7. The summed E-state index contributed by atoms with van der Waals surface area (Å²) in [6, 6.07) is 4.02. The van der Waals surface area contributed by atoms with Crippen LogP contribution in [0.3, 0.4) is 0 Å². The maximum atomic E-state index is 13.7. The number of carboxylic acids is 1. The number of rotatable bonds is 3. The number of carboxylic acid groups (broad SMARTS) is 1. The molecular formula is C14H18FNO2S. The second-order valence-electron chi connectivity index (χ2n) is 5.72. The lowest BCUT2D eigenvalue weighted by Crippen LogP contribution is -2.35. The van der Waals surface area contributed by atoms with Crippen molar-refractivity contribution < 1.29 is 14.3 Å². The summed E-state index contributed by atoms with van der Waals surface area (Å²) in [5.41, 5.74) is 0.608. The molecule has 1 aliphatic heterocycles. The molecule has 1 fully saturated rings. The van der Waals surface area contributed by atoms with E-state index in [-0.39, 0.29) is 22.7 Å². The highest BCUT2D eigenvalue weighted by molar-refractivity contribution is 7.99. The summed E-state index contributed by atoms with van der Waals surface area (Å²) in [5.74, 6) is 0.572. The van der Waals surface area contributed by atoms with Gasteiger partial charge in [0.25, 0.3) is 0 Å². The van der Waals surface area contributed by atoms with E-state index in [1.54, 1.807) is 0 Å². The zero-order valence-electron chi connectivity index (χ0n) is 11.1. The van der Waals surface area contributed by atoms with Gasteiger partial charge < -0.3 is 10.4 Å². The largest absolute Gasteiger partial charge is 0.478 e. The van der Waals surface area contributed by atoms with Crippen molar-refractivity contribution in [3.63, 3.8) is 0 Å². The monoisotopic (exact) mass is 283 g/mol. The van der Waals surface area contributed by atoms with Crippen LogP contribution in [0.1, 0.15) is 30.6 Å². The van der Waals surface area contributed by atoms with E-state index in [2.05, 4.69) is 19.2 Å². The van der Waals surface area contributed by atoms with Crippen LogP contribution in [-0.4, -0.2) is 28.6 Å². The number of hydrogen-bond acceptors (Lipinski definition) is 3. The van der Waals surface area contributed by atoms with Gasteiger partial charge in [0.05, 0.1) is 11.3 Å². The minimum atomic E-state index is -1.04. The zero-order valence-corrected chi connectivity index (χ0v) is 11.9. The summed E-state index contributed by atoms with van der Waals surface area (Å²) in [4.78, 5) is 10.9. The van der Waals surface area contributed by atoms with Crippen molar-refractivity contribution in [2.24, 2.45) is 5.41 Å². The van der Waals surface area contributed by atoms with Crippen molar-refractivity contribution in [3.8, 4) is 0 Å². The van der Waals surface area contributed by atoms with Gasteiger partial charge in [0.1, 0.15) is 5.82 Å². The fraction of sp³-hybridized carbons (Fsp3) is 0.500. The van der Waals surface area contributed by atoms with Crippen LogP contribution in [0, 0.1) is 11.2 Å². The third-order valence-corrected chi connectivity index (χ3v) is 4.81. The number of anilines is 1. The Labute approximate surface area is 116 Å². The van der Waals surface area contributed by atoms with Gasteiger partial charge in [0.15, 0.2) is 0 Å².